The van der Waals surface area contributed by atoms with Crippen LogP contribution in [0.3, 0.4) is 0 Å². The second-order valence-corrected chi connectivity index (χ2v) is 5.42. The zero-order valence-corrected chi connectivity index (χ0v) is 12.5. The molecular weight excluding hydrogens is 296 g/mol. The quantitative estimate of drug-likeness (QED) is 0.752. The van der Waals surface area contributed by atoms with E-state index in [-0.39, 0.29) is 11.5 Å². The largest absolute Gasteiger partial charge is 0.345 e. The van der Waals surface area contributed by atoms with Crippen molar-refractivity contribution in [3.05, 3.63) is 83.4 Å². The molecule has 0 saturated carbocycles. The molecule has 1 N–H and O–H groups in total. The molecule has 116 valence electrons. The molecule has 0 aromatic heterocycles. The maximum Gasteiger partial charge on any atom is 0.251 e. The Morgan fingerprint density at radius 2 is 1.70 bits per heavy atom. The highest BCUT2D eigenvalue weighted by Crippen LogP contribution is 2.20. The first-order valence-corrected chi connectivity index (χ1v) is 7.29. The molecule has 3 aromatic rings. The van der Waals surface area contributed by atoms with E-state index in [4.69, 9.17) is 0 Å². The normalized spacial score (nSPS) is 12.1. The summed E-state index contributed by atoms with van der Waals surface area (Å²) in [6.07, 6.45) is 0. The molecule has 1 amide bonds. The van der Waals surface area contributed by atoms with Crippen molar-refractivity contribution in [2.24, 2.45) is 0 Å². The Hall–Kier alpha value is -2.75. The predicted octanol–water partition coefficient (Wildman–Crippen LogP) is 4.61. The van der Waals surface area contributed by atoms with Gasteiger partial charge in [-0.3, -0.25) is 4.79 Å². The second-order valence-electron chi connectivity index (χ2n) is 5.42. The van der Waals surface area contributed by atoms with Gasteiger partial charge in [0.15, 0.2) is 0 Å². The third-order valence-electron chi connectivity index (χ3n) is 3.79. The summed E-state index contributed by atoms with van der Waals surface area (Å²) >= 11 is 0. The molecule has 1 atom stereocenters. The Morgan fingerprint density at radius 1 is 0.957 bits per heavy atom. The Morgan fingerprint density at radius 3 is 2.43 bits per heavy atom. The number of nitrogens with one attached hydrogen (secondary N) is 1. The number of hydrogen-bond donors (Lipinski definition) is 1. The maximum absolute atomic E-state index is 13.8. The highest BCUT2D eigenvalue weighted by Gasteiger charge is 2.15. The molecule has 3 aromatic carbocycles. The van der Waals surface area contributed by atoms with Gasteiger partial charge >= 0.3 is 0 Å². The molecule has 0 fully saturated rings. The fraction of sp³-hybridized carbons (Fsp3) is 0.105. The van der Waals surface area contributed by atoms with Crippen molar-refractivity contribution >= 4 is 16.7 Å². The Kier molecular flexibility index (Phi) is 4.06. The van der Waals surface area contributed by atoms with Gasteiger partial charge in [-0.05, 0) is 35.9 Å². The molecule has 0 aliphatic carbocycles. The van der Waals surface area contributed by atoms with Crippen molar-refractivity contribution < 1.29 is 13.6 Å². The molecule has 0 bridgehead atoms. The van der Waals surface area contributed by atoms with Gasteiger partial charge in [0.25, 0.3) is 5.91 Å². The highest BCUT2D eigenvalue weighted by molar-refractivity contribution is 5.98. The molecule has 4 heteroatoms. The molecule has 0 unspecified atom stereocenters. The minimum absolute atomic E-state index is 0.250. The highest BCUT2D eigenvalue weighted by atomic mass is 19.1. The van der Waals surface area contributed by atoms with E-state index < -0.39 is 17.7 Å². The van der Waals surface area contributed by atoms with E-state index in [1.165, 1.54) is 12.1 Å². The van der Waals surface area contributed by atoms with Crippen LogP contribution in [0, 0.1) is 11.6 Å². The number of benzene rings is 3. The molecule has 2 nitrogen and oxygen atoms in total. The molecule has 23 heavy (non-hydrogen) atoms. The summed E-state index contributed by atoms with van der Waals surface area (Å²) in [6, 6.07) is 15.9. The minimum atomic E-state index is -0.670. The summed E-state index contributed by atoms with van der Waals surface area (Å²) < 4.78 is 26.7. The average molecular weight is 311 g/mol. The van der Waals surface area contributed by atoms with Gasteiger partial charge in [-0.15, -0.1) is 0 Å². The number of carbonyl (C=O) groups excluding carboxylic acids is 1. The number of hydrogen-bond acceptors (Lipinski definition) is 1. The number of rotatable bonds is 3. The summed E-state index contributed by atoms with van der Waals surface area (Å²) in [5.41, 5.74) is 0.749. The van der Waals surface area contributed by atoms with Crippen LogP contribution < -0.4 is 5.32 Å². The zero-order valence-electron chi connectivity index (χ0n) is 12.5. The van der Waals surface area contributed by atoms with Crippen LogP contribution in [0.2, 0.25) is 0 Å². The second kappa shape index (κ2) is 6.16. The summed E-state index contributed by atoms with van der Waals surface area (Å²) in [4.78, 5) is 12.3. The third kappa shape index (κ3) is 3.21. The lowest BCUT2D eigenvalue weighted by Gasteiger charge is -2.15. The van der Waals surface area contributed by atoms with Crippen molar-refractivity contribution in [2.45, 2.75) is 13.0 Å². The lowest BCUT2D eigenvalue weighted by atomic mass is 10.0. The summed E-state index contributed by atoms with van der Waals surface area (Å²) in [6.45, 7) is 1.66. The number of amides is 1. The Labute approximate surface area is 132 Å². The summed E-state index contributed by atoms with van der Waals surface area (Å²) in [5.74, 6) is -1.61. The van der Waals surface area contributed by atoms with E-state index in [0.717, 1.165) is 16.8 Å². The van der Waals surface area contributed by atoms with Gasteiger partial charge in [0, 0.05) is 17.2 Å². The van der Waals surface area contributed by atoms with Gasteiger partial charge in [-0.1, -0.05) is 36.4 Å². The van der Waals surface area contributed by atoms with Gasteiger partial charge in [0.2, 0.25) is 0 Å². The fourth-order valence-corrected chi connectivity index (χ4v) is 2.54. The standard InChI is InChI=1S/C19H15F2NO/c1-12(17-9-8-16(20)11-18(17)21)22-19(23)15-7-6-13-4-2-3-5-14(13)10-15/h2-12H,1H3,(H,22,23)/t12-/m0/s1. The van der Waals surface area contributed by atoms with Crippen LogP contribution in [-0.4, -0.2) is 5.91 Å². The van der Waals surface area contributed by atoms with Crippen LogP contribution in [0.5, 0.6) is 0 Å². The van der Waals surface area contributed by atoms with Gasteiger partial charge < -0.3 is 5.32 Å². The average Bonchev–Trinajstić information content (AvgIpc) is 2.54. The summed E-state index contributed by atoms with van der Waals surface area (Å²) in [7, 11) is 0. The van der Waals surface area contributed by atoms with Crippen LogP contribution in [0.25, 0.3) is 10.8 Å². The molecule has 0 heterocycles. The first kappa shape index (κ1) is 15.2. The van der Waals surface area contributed by atoms with Crippen LogP contribution in [-0.2, 0) is 0 Å². The van der Waals surface area contributed by atoms with Crippen LogP contribution in [0.1, 0.15) is 28.9 Å². The van der Waals surface area contributed by atoms with Crippen molar-refractivity contribution in [2.75, 3.05) is 0 Å². The van der Waals surface area contributed by atoms with Crippen LogP contribution in [0.4, 0.5) is 8.78 Å². The van der Waals surface area contributed by atoms with Crippen molar-refractivity contribution in [1.29, 1.82) is 0 Å². The summed E-state index contributed by atoms with van der Waals surface area (Å²) in [5, 5.41) is 4.74. The van der Waals surface area contributed by atoms with E-state index in [2.05, 4.69) is 5.32 Å². The molecular formula is C19H15F2NO. The molecule has 0 spiro atoms. The van der Waals surface area contributed by atoms with Gasteiger partial charge in [-0.25, -0.2) is 8.78 Å². The monoisotopic (exact) mass is 311 g/mol. The lowest BCUT2D eigenvalue weighted by Crippen LogP contribution is -2.27. The minimum Gasteiger partial charge on any atom is -0.345 e. The molecule has 0 aliphatic rings. The molecule has 0 aliphatic heterocycles. The first-order chi connectivity index (χ1) is 11.0. The lowest BCUT2D eigenvalue weighted by molar-refractivity contribution is 0.0939. The molecule has 3 rings (SSSR count). The third-order valence-corrected chi connectivity index (χ3v) is 3.79. The van der Waals surface area contributed by atoms with E-state index in [1.54, 1.807) is 19.1 Å². The van der Waals surface area contributed by atoms with E-state index >= 15 is 0 Å². The van der Waals surface area contributed by atoms with Crippen molar-refractivity contribution in [1.82, 2.24) is 5.32 Å². The maximum atomic E-state index is 13.8. The van der Waals surface area contributed by atoms with Crippen LogP contribution in [0.15, 0.2) is 60.7 Å². The van der Waals surface area contributed by atoms with Crippen molar-refractivity contribution in [3.63, 3.8) is 0 Å². The predicted molar refractivity (Wildman–Crippen MR) is 86.2 cm³/mol. The van der Waals surface area contributed by atoms with Gasteiger partial charge in [0.05, 0.1) is 6.04 Å². The number of carbonyl (C=O) groups is 1. The van der Waals surface area contributed by atoms with Gasteiger partial charge in [-0.2, -0.15) is 0 Å². The molecule has 0 saturated heterocycles. The SMILES string of the molecule is C[C@H](NC(=O)c1ccc2ccccc2c1)c1ccc(F)cc1F. The van der Waals surface area contributed by atoms with E-state index in [1.807, 2.05) is 30.3 Å². The van der Waals surface area contributed by atoms with Gasteiger partial charge in [0.1, 0.15) is 11.6 Å². The zero-order chi connectivity index (χ0) is 16.4. The van der Waals surface area contributed by atoms with E-state index in [0.29, 0.717) is 5.56 Å². The Balaban J connectivity index is 1.82. The Bertz CT molecular complexity index is 876. The van der Waals surface area contributed by atoms with Crippen molar-refractivity contribution in [3.8, 4) is 0 Å². The smallest absolute Gasteiger partial charge is 0.251 e. The number of fused-ring (bicyclic) bond motifs is 1. The van der Waals surface area contributed by atoms with E-state index in [9.17, 15) is 13.6 Å². The number of halogens is 2. The fourth-order valence-electron chi connectivity index (χ4n) is 2.54. The first-order valence-electron chi connectivity index (χ1n) is 7.29. The molecule has 0 radical (unpaired) electrons. The topological polar surface area (TPSA) is 29.1 Å². The van der Waals surface area contributed by atoms with Crippen LogP contribution >= 0.6 is 0 Å².